The maximum atomic E-state index is 5.46. The van der Waals surface area contributed by atoms with E-state index in [1.165, 1.54) is 17.7 Å². The molecule has 0 atom stereocenters. The quantitative estimate of drug-likeness (QED) is 0.366. The lowest BCUT2D eigenvalue weighted by Crippen LogP contribution is -2.24. The predicted octanol–water partition coefficient (Wildman–Crippen LogP) is 3.83. The van der Waals surface area contributed by atoms with Gasteiger partial charge in [0.25, 0.3) is 0 Å². The van der Waals surface area contributed by atoms with Crippen molar-refractivity contribution < 1.29 is 0 Å². The van der Waals surface area contributed by atoms with Gasteiger partial charge < -0.3 is 21.7 Å². The zero-order chi connectivity index (χ0) is 16.9. The average Bonchev–Trinajstić information content (AvgIpc) is 2.81. The second-order valence-corrected chi connectivity index (χ2v) is 6.31. The van der Waals surface area contributed by atoms with Crippen LogP contribution in [0.15, 0.2) is 29.3 Å². The largest absolute Gasteiger partial charge is 0.344 e. The lowest BCUT2D eigenvalue weighted by atomic mass is 10.1. The first-order valence-electron chi connectivity index (χ1n) is 9.40. The van der Waals surface area contributed by atoms with E-state index in [-0.39, 0.29) is 49.6 Å². The number of nitrogens with two attached hydrogens (primary N) is 1. The number of aryl methyl sites for hydroxylation is 1. The highest BCUT2D eigenvalue weighted by molar-refractivity contribution is 5.96. The van der Waals surface area contributed by atoms with E-state index < -0.39 is 0 Å². The SMILES string of the molecule is Cl.Cl.Cl.Cl.NCCCNCCCNCCCN=C1CCCc2ccccc2N1. The van der Waals surface area contributed by atoms with Crippen molar-refractivity contribution in [2.24, 2.45) is 10.7 Å². The molecule has 0 amide bonds. The summed E-state index contributed by atoms with van der Waals surface area (Å²) in [7, 11) is 0. The Balaban J connectivity index is -0.00000156. The van der Waals surface area contributed by atoms with E-state index in [1.54, 1.807) is 0 Å². The van der Waals surface area contributed by atoms with Crippen LogP contribution in [0.4, 0.5) is 5.69 Å². The highest BCUT2D eigenvalue weighted by atomic mass is 35.5. The minimum atomic E-state index is 0. The summed E-state index contributed by atoms with van der Waals surface area (Å²) in [6, 6.07) is 8.56. The van der Waals surface area contributed by atoms with E-state index >= 15 is 0 Å². The fourth-order valence-corrected chi connectivity index (χ4v) is 2.88. The van der Waals surface area contributed by atoms with Crippen molar-refractivity contribution in [3.63, 3.8) is 0 Å². The fourth-order valence-electron chi connectivity index (χ4n) is 2.88. The van der Waals surface area contributed by atoms with Crippen LogP contribution in [0.25, 0.3) is 0 Å². The van der Waals surface area contributed by atoms with Gasteiger partial charge in [0.1, 0.15) is 5.84 Å². The van der Waals surface area contributed by atoms with Gasteiger partial charge in [-0.3, -0.25) is 4.99 Å². The van der Waals surface area contributed by atoms with Crippen molar-refractivity contribution in [1.29, 1.82) is 0 Å². The lowest BCUT2D eigenvalue weighted by molar-refractivity contribution is 0.579. The molecule has 1 aliphatic heterocycles. The molecule has 0 fully saturated rings. The van der Waals surface area contributed by atoms with Gasteiger partial charge in [-0.1, -0.05) is 18.2 Å². The van der Waals surface area contributed by atoms with Crippen molar-refractivity contribution in [2.75, 3.05) is 44.6 Å². The van der Waals surface area contributed by atoms with Gasteiger partial charge in [-0.15, -0.1) is 49.6 Å². The predicted molar refractivity (Wildman–Crippen MR) is 133 cm³/mol. The number of halogens is 4. The molecular formula is C19H37Cl4N5. The highest BCUT2D eigenvalue weighted by Gasteiger charge is 2.10. The maximum absolute atomic E-state index is 5.46. The number of para-hydroxylation sites is 1. The van der Waals surface area contributed by atoms with E-state index in [0.29, 0.717) is 0 Å². The Morgan fingerprint density at radius 1 is 0.857 bits per heavy atom. The summed E-state index contributed by atoms with van der Waals surface area (Å²) < 4.78 is 0. The molecule has 0 unspecified atom stereocenters. The van der Waals surface area contributed by atoms with Gasteiger partial charge in [0.15, 0.2) is 0 Å². The van der Waals surface area contributed by atoms with Crippen LogP contribution < -0.4 is 21.7 Å². The zero-order valence-electron chi connectivity index (χ0n) is 16.5. The molecule has 1 aromatic carbocycles. The van der Waals surface area contributed by atoms with Crippen LogP contribution in [-0.2, 0) is 6.42 Å². The fraction of sp³-hybridized carbons (Fsp3) is 0.632. The van der Waals surface area contributed by atoms with Crippen LogP contribution in [0.2, 0.25) is 0 Å². The molecule has 1 aliphatic rings. The summed E-state index contributed by atoms with van der Waals surface area (Å²) >= 11 is 0. The molecule has 5 N–H and O–H groups in total. The van der Waals surface area contributed by atoms with Crippen LogP contribution in [0, 0.1) is 0 Å². The Labute approximate surface area is 195 Å². The molecule has 28 heavy (non-hydrogen) atoms. The van der Waals surface area contributed by atoms with Gasteiger partial charge in [0, 0.05) is 18.7 Å². The van der Waals surface area contributed by atoms with Crippen molar-refractivity contribution in [1.82, 2.24) is 10.6 Å². The van der Waals surface area contributed by atoms with Crippen molar-refractivity contribution in [2.45, 2.75) is 38.5 Å². The number of nitrogens with zero attached hydrogens (tertiary/aromatic N) is 1. The standard InChI is InChI=1S/C19H33N5.4ClH/c20-11-4-12-21-13-5-14-22-15-6-16-23-19-10-3-8-17-7-1-2-9-18(17)24-19;;;;/h1-2,7,9,21-22H,3-6,8,10-16,20H2,(H,23,24);4*1H. The zero-order valence-corrected chi connectivity index (χ0v) is 19.7. The highest BCUT2D eigenvalue weighted by Crippen LogP contribution is 2.21. The molecule has 0 aromatic heterocycles. The van der Waals surface area contributed by atoms with Crippen LogP contribution in [0.3, 0.4) is 0 Å². The molecule has 166 valence electrons. The molecule has 0 radical (unpaired) electrons. The lowest BCUT2D eigenvalue weighted by Gasteiger charge is -2.09. The minimum Gasteiger partial charge on any atom is -0.344 e. The number of anilines is 1. The van der Waals surface area contributed by atoms with Gasteiger partial charge >= 0.3 is 0 Å². The molecule has 0 spiro atoms. The topological polar surface area (TPSA) is 74.5 Å². The Morgan fingerprint density at radius 3 is 2.21 bits per heavy atom. The van der Waals surface area contributed by atoms with Crippen molar-refractivity contribution >= 4 is 61.2 Å². The summed E-state index contributed by atoms with van der Waals surface area (Å²) in [5.41, 5.74) is 8.09. The van der Waals surface area contributed by atoms with Gasteiger partial charge in [0.2, 0.25) is 0 Å². The second-order valence-electron chi connectivity index (χ2n) is 6.31. The van der Waals surface area contributed by atoms with Crippen LogP contribution in [0.1, 0.15) is 37.7 Å². The number of rotatable bonds is 11. The number of amidine groups is 1. The first-order chi connectivity index (χ1) is 11.9. The minimum absolute atomic E-state index is 0. The Hall–Kier alpha value is -0.270. The summed E-state index contributed by atoms with van der Waals surface area (Å²) in [5, 5.41) is 10.4. The number of nitrogens with one attached hydrogen (secondary N) is 3. The van der Waals surface area contributed by atoms with E-state index in [1.807, 2.05) is 0 Å². The van der Waals surface area contributed by atoms with E-state index in [0.717, 1.165) is 77.2 Å². The number of hydrogen-bond donors (Lipinski definition) is 4. The molecule has 5 nitrogen and oxygen atoms in total. The molecule has 0 bridgehead atoms. The number of fused-ring (bicyclic) bond motifs is 1. The monoisotopic (exact) mass is 475 g/mol. The summed E-state index contributed by atoms with van der Waals surface area (Å²) in [5.74, 6) is 1.14. The normalized spacial score (nSPS) is 13.5. The number of benzene rings is 1. The van der Waals surface area contributed by atoms with Crippen LogP contribution in [-0.4, -0.2) is 45.1 Å². The molecular weight excluding hydrogens is 440 g/mol. The Kier molecular flexibility index (Phi) is 24.8. The van der Waals surface area contributed by atoms with E-state index in [2.05, 4.69) is 40.2 Å². The molecule has 2 rings (SSSR count). The average molecular weight is 477 g/mol. The van der Waals surface area contributed by atoms with Crippen LogP contribution in [0.5, 0.6) is 0 Å². The first kappa shape index (κ1) is 32.4. The molecule has 9 heteroatoms. The molecule has 1 heterocycles. The maximum Gasteiger partial charge on any atom is 0.101 e. The number of aliphatic imine (C=N–C) groups is 1. The van der Waals surface area contributed by atoms with Gasteiger partial charge in [-0.25, -0.2) is 0 Å². The van der Waals surface area contributed by atoms with Gasteiger partial charge in [0.05, 0.1) is 0 Å². The molecule has 0 saturated carbocycles. The van der Waals surface area contributed by atoms with Gasteiger partial charge in [-0.2, -0.15) is 0 Å². The smallest absolute Gasteiger partial charge is 0.101 e. The van der Waals surface area contributed by atoms with Gasteiger partial charge in [-0.05, 0) is 76.5 Å². The summed E-state index contributed by atoms with van der Waals surface area (Å²) in [6.07, 6.45) is 6.69. The van der Waals surface area contributed by atoms with E-state index in [9.17, 15) is 0 Å². The van der Waals surface area contributed by atoms with Crippen molar-refractivity contribution in [3.05, 3.63) is 29.8 Å². The molecule has 0 saturated heterocycles. The Morgan fingerprint density at radius 2 is 1.50 bits per heavy atom. The number of hydrogen-bond acceptors (Lipinski definition) is 4. The third-order valence-electron chi connectivity index (χ3n) is 4.24. The van der Waals surface area contributed by atoms with E-state index in [4.69, 9.17) is 10.7 Å². The van der Waals surface area contributed by atoms with Crippen LogP contribution >= 0.6 is 49.6 Å². The first-order valence-corrected chi connectivity index (χ1v) is 9.40. The Bertz CT molecular complexity index is 503. The van der Waals surface area contributed by atoms with Crippen molar-refractivity contribution in [3.8, 4) is 0 Å². The third-order valence-corrected chi connectivity index (χ3v) is 4.24. The third kappa shape index (κ3) is 13.8. The summed E-state index contributed by atoms with van der Waals surface area (Å²) in [4.78, 5) is 4.75. The molecule has 0 aliphatic carbocycles. The second kappa shape index (κ2) is 21.4. The molecule has 1 aromatic rings. The summed E-state index contributed by atoms with van der Waals surface area (Å²) in [6.45, 7) is 5.87.